The van der Waals surface area contributed by atoms with Gasteiger partial charge in [-0.2, -0.15) is 0 Å². The van der Waals surface area contributed by atoms with Crippen LogP contribution in [0, 0.1) is 5.82 Å². The van der Waals surface area contributed by atoms with E-state index in [1.807, 2.05) is 0 Å². The van der Waals surface area contributed by atoms with Gasteiger partial charge in [-0.15, -0.1) is 13.2 Å². The number of hydrogen-bond donors (Lipinski definition) is 2. The second kappa shape index (κ2) is 8.70. The summed E-state index contributed by atoms with van der Waals surface area (Å²) in [5.74, 6) is -3.58. The standard InChI is InChI=1S/C21H12BrF4N3O4/c22-12-2-1-7-27-18(12)17(10-3-5-15(13(23)8-10)33-21(24,25)26)29-19(30)11-4-6-16-14(9-11)28-20(31)32-16/h1-9,17H,(H,28,31)(H,29,30)/t17-/m0/s1. The summed E-state index contributed by atoms with van der Waals surface area (Å²) >= 11 is 3.32. The lowest BCUT2D eigenvalue weighted by atomic mass is 10.0. The highest BCUT2D eigenvalue weighted by Crippen LogP contribution is 2.32. The molecule has 4 rings (SSSR count). The number of hydrogen-bond acceptors (Lipinski definition) is 5. The van der Waals surface area contributed by atoms with Gasteiger partial charge in [-0.3, -0.25) is 14.8 Å². The van der Waals surface area contributed by atoms with E-state index in [9.17, 15) is 27.2 Å². The van der Waals surface area contributed by atoms with Crippen LogP contribution in [0.2, 0.25) is 0 Å². The van der Waals surface area contributed by atoms with Gasteiger partial charge in [0.05, 0.1) is 17.3 Å². The van der Waals surface area contributed by atoms with Gasteiger partial charge in [0, 0.05) is 16.2 Å². The number of aromatic amines is 1. The maximum absolute atomic E-state index is 14.4. The van der Waals surface area contributed by atoms with E-state index in [4.69, 9.17) is 4.42 Å². The Morgan fingerprint density at radius 2 is 1.97 bits per heavy atom. The number of H-pyrrole nitrogens is 1. The normalized spacial score (nSPS) is 12.5. The Morgan fingerprint density at radius 3 is 2.67 bits per heavy atom. The second-order valence-corrected chi connectivity index (χ2v) is 7.59. The summed E-state index contributed by atoms with van der Waals surface area (Å²) in [6, 6.07) is 9.28. The number of fused-ring (bicyclic) bond motifs is 1. The first kappa shape index (κ1) is 22.5. The lowest BCUT2D eigenvalue weighted by Gasteiger charge is -2.21. The Morgan fingerprint density at radius 1 is 1.18 bits per heavy atom. The molecule has 1 amide bonds. The van der Waals surface area contributed by atoms with Crippen LogP contribution in [0.1, 0.15) is 27.7 Å². The number of halogens is 5. The monoisotopic (exact) mass is 525 g/mol. The molecule has 0 saturated carbocycles. The zero-order chi connectivity index (χ0) is 23.8. The zero-order valence-electron chi connectivity index (χ0n) is 16.2. The fraction of sp³-hybridized carbons (Fsp3) is 0.0952. The number of ether oxygens (including phenoxy) is 1. The van der Waals surface area contributed by atoms with Gasteiger partial charge in [-0.25, -0.2) is 9.18 Å². The molecule has 4 aromatic rings. The maximum Gasteiger partial charge on any atom is 0.573 e. The summed E-state index contributed by atoms with van der Waals surface area (Å²) in [6.07, 6.45) is -3.62. The number of benzene rings is 2. The molecule has 33 heavy (non-hydrogen) atoms. The minimum Gasteiger partial charge on any atom is -0.408 e. The number of pyridine rings is 1. The van der Waals surface area contributed by atoms with E-state index >= 15 is 0 Å². The largest absolute Gasteiger partial charge is 0.573 e. The van der Waals surface area contributed by atoms with Gasteiger partial charge in [0.1, 0.15) is 0 Å². The fourth-order valence-corrected chi connectivity index (χ4v) is 3.62. The number of aromatic nitrogens is 2. The van der Waals surface area contributed by atoms with Crippen molar-refractivity contribution in [3.05, 3.63) is 92.4 Å². The molecule has 2 aromatic heterocycles. The van der Waals surface area contributed by atoms with Crippen LogP contribution in [-0.4, -0.2) is 22.2 Å². The summed E-state index contributed by atoms with van der Waals surface area (Å²) in [5.41, 5.74) is 1.10. The third kappa shape index (κ3) is 5.06. The highest BCUT2D eigenvalue weighted by molar-refractivity contribution is 9.10. The molecule has 170 valence electrons. The van der Waals surface area contributed by atoms with Crippen LogP contribution < -0.4 is 15.8 Å². The third-order valence-electron chi connectivity index (χ3n) is 4.53. The number of oxazole rings is 1. The minimum absolute atomic E-state index is 0.118. The van der Waals surface area contributed by atoms with Crippen molar-refractivity contribution in [2.45, 2.75) is 12.4 Å². The van der Waals surface area contributed by atoms with Crippen molar-refractivity contribution in [1.29, 1.82) is 0 Å². The van der Waals surface area contributed by atoms with E-state index < -0.39 is 35.6 Å². The van der Waals surface area contributed by atoms with Gasteiger partial charge < -0.3 is 14.5 Å². The summed E-state index contributed by atoms with van der Waals surface area (Å²) < 4.78 is 60.9. The number of carbonyl (C=O) groups excluding carboxylic acids is 1. The van der Waals surface area contributed by atoms with Crippen molar-refractivity contribution in [2.24, 2.45) is 0 Å². The first-order valence-corrected chi connectivity index (χ1v) is 9.99. The van der Waals surface area contributed by atoms with Gasteiger partial charge in [-0.1, -0.05) is 6.07 Å². The first-order valence-electron chi connectivity index (χ1n) is 9.20. The summed E-state index contributed by atoms with van der Waals surface area (Å²) in [5, 5.41) is 2.69. The maximum atomic E-state index is 14.4. The van der Waals surface area contributed by atoms with Crippen LogP contribution in [0.25, 0.3) is 11.1 Å². The van der Waals surface area contributed by atoms with Crippen molar-refractivity contribution in [1.82, 2.24) is 15.3 Å². The number of amides is 1. The summed E-state index contributed by atoms with van der Waals surface area (Å²) in [7, 11) is 0. The third-order valence-corrected chi connectivity index (χ3v) is 5.20. The molecule has 7 nitrogen and oxygen atoms in total. The van der Waals surface area contributed by atoms with E-state index in [0.717, 1.165) is 12.1 Å². The Kier molecular flexibility index (Phi) is 5.93. The van der Waals surface area contributed by atoms with E-state index in [-0.39, 0.29) is 22.4 Å². The van der Waals surface area contributed by atoms with E-state index in [0.29, 0.717) is 9.99 Å². The lowest BCUT2D eigenvalue weighted by molar-refractivity contribution is -0.275. The van der Waals surface area contributed by atoms with Gasteiger partial charge >= 0.3 is 12.1 Å². The van der Waals surface area contributed by atoms with Crippen molar-refractivity contribution >= 4 is 32.9 Å². The second-order valence-electron chi connectivity index (χ2n) is 6.74. The molecule has 0 radical (unpaired) electrons. The van der Waals surface area contributed by atoms with Crippen LogP contribution in [0.5, 0.6) is 5.75 Å². The molecular weight excluding hydrogens is 514 g/mol. The number of alkyl halides is 3. The summed E-state index contributed by atoms with van der Waals surface area (Å²) in [6.45, 7) is 0. The molecule has 0 unspecified atom stereocenters. The van der Waals surface area contributed by atoms with Crippen molar-refractivity contribution in [3.63, 3.8) is 0 Å². The average Bonchev–Trinajstić information content (AvgIpc) is 3.12. The Bertz CT molecular complexity index is 1400. The molecule has 0 fully saturated rings. The Hall–Kier alpha value is -3.67. The number of nitrogens with zero attached hydrogens (tertiary/aromatic N) is 1. The van der Waals surface area contributed by atoms with Crippen molar-refractivity contribution in [2.75, 3.05) is 0 Å². The molecule has 0 aliphatic rings. The number of rotatable bonds is 5. The predicted octanol–water partition coefficient (Wildman–Crippen LogP) is 4.84. The molecule has 0 bridgehead atoms. The molecule has 0 aliphatic carbocycles. The molecule has 1 atom stereocenters. The molecule has 12 heteroatoms. The topological polar surface area (TPSA) is 97.2 Å². The minimum atomic E-state index is -5.06. The van der Waals surface area contributed by atoms with E-state index in [1.165, 1.54) is 30.5 Å². The summed E-state index contributed by atoms with van der Waals surface area (Å²) in [4.78, 5) is 31.0. The average molecular weight is 526 g/mol. The molecule has 2 aromatic carbocycles. The highest BCUT2D eigenvalue weighted by Gasteiger charge is 2.33. The predicted molar refractivity (Wildman–Crippen MR) is 111 cm³/mol. The SMILES string of the molecule is O=C(N[C@@H](c1ccc(OC(F)(F)F)c(F)c1)c1ncccc1Br)c1ccc2oc(=O)[nH]c2c1. The van der Waals surface area contributed by atoms with Gasteiger partial charge in [0.15, 0.2) is 17.1 Å². The molecule has 2 N–H and O–H groups in total. The molecule has 0 aliphatic heterocycles. The number of carbonyl (C=O) groups is 1. The molecule has 0 saturated heterocycles. The molecule has 2 heterocycles. The van der Waals surface area contributed by atoms with Gasteiger partial charge in [0.2, 0.25) is 0 Å². The van der Waals surface area contributed by atoms with E-state index in [1.54, 1.807) is 12.1 Å². The van der Waals surface area contributed by atoms with Crippen molar-refractivity contribution in [3.8, 4) is 5.75 Å². The molecular formula is C21H12BrF4N3O4. The Labute approximate surface area is 190 Å². The fourth-order valence-electron chi connectivity index (χ4n) is 3.13. The van der Waals surface area contributed by atoms with Crippen LogP contribution in [-0.2, 0) is 0 Å². The smallest absolute Gasteiger partial charge is 0.408 e. The van der Waals surface area contributed by atoms with Crippen LogP contribution >= 0.6 is 15.9 Å². The van der Waals surface area contributed by atoms with Crippen LogP contribution in [0.3, 0.4) is 0 Å². The highest BCUT2D eigenvalue weighted by atomic mass is 79.9. The van der Waals surface area contributed by atoms with Crippen LogP contribution in [0.4, 0.5) is 17.6 Å². The molecule has 0 spiro atoms. The van der Waals surface area contributed by atoms with Crippen molar-refractivity contribution < 1.29 is 31.5 Å². The van der Waals surface area contributed by atoms with Crippen LogP contribution in [0.15, 0.2) is 68.4 Å². The Balaban J connectivity index is 1.71. The zero-order valence-corrected chi connectivity index (χ0v) is 17.8. The van der Waals surface area contributed by atoms with Gasteiger partial charge in [0.25, 0.3) is 5.91 Å². The van der Waals surface area contributed by atoms with E-state index in [2.05, 4.69) is 36.0 Å². The number of nitrogens with one attached hydrogen (secondary N) is 2. The first-order chi connectivity index (χ1) is 15.6. The quantitative estimate of drug-likeness (QED) is 0.363. The lowest BCUT2D eigenvalue weighted by Crippen LogP contribution is -2.30. The van der Waals surface area contributed by atoms with Gasteiger partial charge in [-0.05, 0) is 64.0 Å².